The molecule has 20 heavy (non-hydrogen) atoms. The Morgan fingerprint density at radius 3 is 3.00 bits per heavy atom. The number of ether oxygens (including phenoxy) is 2. The number of amides is 1. The van der Waals surface area contributed by atoms with Crippen molar-refractivity contribution in [2.45, 2.75) is 25.7 Å². The van der Waals surface area contributed by atoms with Crippen LogP contribution in [0.2, 0.25) is 0 Å². The van der Waals surface area contributed by atoms with Gasteiger partial charge in [0, 0.05) is 19.1 Å². The van der Waals surface area contributed by atoms with Crippen molar-refractivity contribution in [3.8, 4) is 0 Å². The maximum atomic E-state index is 11.9. The molecule has 5 heteroatoms. The molecule has 110 valence electrons. The van der Waals surface area contributed by atoms with Gasteiger partial charge in [-0.25, -0.2) is 0 Å². The summed E-state index contributed by atoms with van der Waals surface area (Å²) in [6, 6.07) is 9.95. The van der Waals surface area contributed by atoms with E-state index in [2.05, 4.69) is 10.6 Å². The Balaban J connectivity index is 1.64. The molecule has 1 aromatic carbocycles. The molecule has 2 rings (SSSR count). The van der Waals surface area contributed by atoms with E-state index in [-0.39, 0.29) is 18.1 Å². The van der Waals surface area contributed by atoms with Gasteiger partial charge in [-0.05, 0) is 12.5 Å². The first-order valence-electron chi connectivity index (χ1n) is 7.00. The molecule has 1 aromatic rings. The molecule has 0 aliphatic carbocycles. The number of benzene rings is 1. The third kappa shape index (κ3) is 4.92. The zero-order valence-corrected chi connectivity index (χ0v) is 11.8. The molecule has 1 fully saturated rings. The predicted octanol–water partition coefficient (Wildman–Crippen LogP) is 0.696. The maximum Gasteiger partial charge on any atom is 0.250 e. The highest BCUT2D eigenvalue weighted by Crippen LogP contribution is 2.01. The lowest BCUT2D eigenvalue weighted by molar-refractivity contribution is -0.135. The Hall–Kier alpha value is -1.43. The average Bonchev–Trinajstić information content (AvgIpc) is 2.49. The fraction of sp³-hybridized carbons (Fsp3) is 0.533. The first kappa shape index (κ1) is 15.0. The van der Waals surface area contributed by atoms with Crippen LogP contribution < -0.4 is 10.6 Å². The van der Waals surface area contributed by atoms with Gasteiger partial charge in [0.2, 0.25) is 0 Å². The average molecular weight is 278 g/mol. The zero-order chi connectivity index (χ0) is 14.2. The maximum absolute atomic E-state index is 11.9. The molecular weight excluding hydrogens is 256 g/mol. The molecule has 1 saturated heterocycles. The van der Waals surface area contributed by atoms with Gasteiger partial charge in [-0.1, -0.05) is 30.3 Å². The molecule has 0 radical (unpaired) electrons. The van der Waals surface area contributed by atoms with E-state index in [1.54, 1.807) is 0 Å². The van der Waals surface area contributed by atoms with E-state index in [1.807, 2.05) is 37.3 Å². The summed E-state index contributed by atoms with van der Waals surface area (Å²) in [5, 5.41) is 6.04. The molecular formula is C15H22N2O3. The van der Waals surface area contributed by atoms with Crippen molar-refractivity contribution in [3.05, 3.63) is 35.9 Å². The molecule has 1 aliphatic heterocycles. The van der Waals surface area contributed by atoms with Crippen LogP contribution in [0.15, 0.2) is 30.3 Å². The summed E-state index contributed by atoms with van der Waals surface area (Å²) >= 11 is 0. The largest absolute Gasteiger partial charge is 0.375 e. The minimum absolute atomic E-state index is 0.0308. The van der Waals surface area contributed by atoms with E-state index in [4.69, 9.17) is 9.47 Å². The molecule has 2 atom stereocenters. The van der Waals surface area contributed by atoms with Gasteiger partial charge in [-0.3, -0.25) is 4.79 Å². The molecule has 0 bridgehead atoms. The van der Waals surface area contributed by atoms with Crippen molar-refractivity contribution >= 4 is 5.91 Å². The van der Waals surface area contributed by atoms with Crippen molar-refractivity contribution < 1.29 is 14.3 Å². The summed E-state index contributed by atoms with van der Waals surface area (Å²) in [7, 11) is 0. The van der Waals surface area contributed by atoms with Gasteiger partial charge < -0.3 is 20.1 Å². The molecule has 2 unspecified atom stereocenters. The van der Waals surface area contributed by atoms with Crippen LogP contribution in [0, 0.1) is 0 Å². The van der Waals surface area contributed by atoms with Crippen LogP contribution in [0.3, 0.4) is 0 Å². The molecule has 0 saturated carbocycles. The number of hydrogen-bond acceptors (Lipinski definition) is 4. The molecule has 1 amide bonds. The van der Waals surface area contributed by atoms with E-state index in [0.717, 1.165) is 12.1 Å². The number of hydrogen-bond donors (Lipinski definition) is 2. The van der Waals surface area contributed by atoms with Crippen LogP contribution in [0.4, 0.5) is 0 Å². The minimum atomic E-state index is -0.389. The highest BCUT2D eigenvalue weighted by atomic mass is 16.5. The first-order valence-corrected chi connectivity index (χ1v) is 7.00. The van der Waals surface area contributed by atoms with Gasteiger partial charge in [-0.2, -0.15) is 0 Å². The van der Waals surface area contributed by atoms with Crippen molar-refractivity contribution in [1.29, 1.82) is 0 Å². The van der Waals surface area contributed by atoms with Crippen LogP contribution in [0.5, 0.6) is 0 Å². The molecule has 1 heterocycles. The van der Waals surface area contributed by atoms with Gasteiger partial charge in [0.1, 0.15) is 6.10 Å². The zero-order valence-electron chi connectivity index (χ0n) is 11.8. The van der Waals surface area contributed by atoms with Gasteiger partial charge in [0.05, 0.1) is 19.8 Å². The molecule has 1 aliphatic rings. The summed E-state index contributed by atoms with van der Waals surface area (Å²) in [6.07, 6.45) is -0.389. The summed E-state index contributed by atoms with van der Waals surface area (Å²) in [5.41, 5.74) is 1.13. The lowest BCUT2D eigenvalue weighted by Gasteiger charge is -2.24. The molecule has 5 nitrogen and oxygen atoms in total. The Morgan fingerprint density at radius 1 is 1.50 bits per heavy atom. The van der Waals surface area contributed by atoms with Gasteiger partial charge >= 0.3 is 0 Å². The number of rotatable bonds is 6. The fourth-order valence-corrected chi connectivity index (χ4v) is 2.04. The second-order valence-corrected chi connectivity index (χ2v) is 4.97. The topological polar surface area (TPSA) is 59.6 Å². The van der Waals surface area contributed by atoms with E-state index in [1.165, 1.54) is 0 Å². The summed E-state index contributed by atoms with van der Waals surface area (Å²) in [4.78, 5) is 11.9. The highest BCUT2D eigenvalue weighted by Gasteiger charge is 2.22. The van der Waals surface area contributed by atoms with E-state index >= 15 is 0 Å². The smallest absolute Gasteiger partial charge is 0.250 e. The fourth-order valence-electron chi connectivity index (χ4n) is 2.04. The van der Waals surface area contributed by atoms with Crippen molar-refractivity contribution in [2.75, 3.05) is 26.3 Å². The van der Waals surface area contributed by atoms with Crippen LogP contribution in [-0.4, -0.2) is 44.4 Å². The number of carbonyl (C=O) groups excluding carboxylic acids is 1. The van der Waals surface area contributed by atoms with E-state index < -0.39 is 0 Å². The molecule has 0 aromatic heterocycles. The Kier molecular flexibility index (Phi) is 5.98. The predicted molar refractivity (Wildman–Crippen MR) is 76.3 cm³/mol. The molecule has 2 N–H and O–H groups in total. The van der Waals surface area contributed by atoms with Crippen molar-refractivity contribution in [1.82, 2.24) is 10.6 Å². The Morgan fingerprint density at radius 2 is 2.30 bits per heavy atom. The van der Waals surface area contributed by atoms with Gasteiger partial charge in [0.15, 0.2) is 0 Å². The minimum Gasteiger partial charge on any atom is -0.375 e. The third-order valence-corrected chi connectivity index (χ3v) is 3.09. The van der Waals surface area contributed by atoms with Crippen LogP contribution in [0.25, 0.3) is 0 Å². The highest BCUT2D eigenvalue weighted by molar-refractivity contribution is 5.81. The monoisotopic (exact) mass is 278 g/mol. The number of nitrogens with one attached hydrogen (secondary N) is 2. The van der Waals surface area contributed by atoms with Crippen molar-refractivity contribution in [2.24, 2.45) is 0 Å². The van der Waals surface area contributed by atoms with Gasteiger partial charge in [0.25, 0.3) is 5.91 Å². The first-order chi connectivity index (χ1) is 9.75. The van der Waals surface area contributed by atoms with Crippen molar-refractivity contribution in [3.63, 3.8) is 0 Å². The van der Waals surface area contributed by atoms with E-state index in [0.29, 0.717) is 26.4 Å². The number of morpholine rings is 1. The van der Waals surface area contributed by atoms with Crippen LogP contribution in [0.1, 0.15) is 12.5 Å². The molecule has 0 spiro atoms. The lowest BCUT2D eigenvalue weighted by Crippen LogP contribution is -2.50. The standard InChI is InChI=1S/C15H22N2O3/c1-12(10-19-11-13-5-3-2-4-6-13)17-15(18)14-9-16-7-8-20-14/h2-6,12,14,16H,7-11H2,1H3,(H,17,18). The quantitative estimate of drug-likeness (QED) is 0.804. The second-order valence-electron chi connectivity index (χ2n) is 4.97. The SMILES string of the molecule is CC(COCc1ccccc1)NC(=O)C1CNCCO1. The van der Waals surface area contributed by atoms with Gasteiger partial charge in [-0.15, -0.1) is 0 Å². The summed E-state index contributed by atoms with van der Waals surface area (Å²) in [6.45, 7) is 4.93. The third-order valence-electron chi connectivity index (χ3n) is 3.09. The summed E-state index contributed by atoms with van der Waals surface area (Å²) < 4.78 is 11.0. The number of carbonyl (C=O) groups is 1. The van der Waals surface area contributed by atoms with Crippen LogP contribution in [-0.2, 0) is 20.9 Å². The Labute approximate surface area is 119 Å². The lowest BCUT2D eigenvalue weighted by atomic mass is 10.2. The summed E-state index contributed by atoms with van der Waals surface area (Å²) in [5.74, 6) is -0.0759. The van der Waals surface area contributed by atoms with E-state index in [9.17, 15) is 4.79 Å². The second kappa shape index (κ2) is 7.99. The normalized spacial score (nSPS) is 20.4. The Bertz CT molecular complexity index is 405. The van der Waals surface area contributed by atoms with Crippen LogP contribution >= 0.6 is 0 Å².